The Kier molecular flexibility index (Phi) is 4.23. The number of halogens is 1. The summed E-state index contributed by atoms with van der Waals surface area (Å²) in [7, 11) is 0. The maximum atomic E-state index is 16.9. The summed E-state index contributed by atoms with van der Waals surface area (Å²) in [6.45, 7) is 5.36. The summed E-state index contributed by atoms with van der Waals surface area (Å²) >= 11 is 0. The van der Waals surface area contributed by atoms with Crippen molar-refractivity contribution in [3.05, 3.63) is 23.8 Å². The molecule has 4 aliphatic rings. The normalized spacial score (nSPS) is 52.9. The summed E-state index contributed by atoms with van der Waals surface area (Å²) < 4.78 is 16.9. The van der Waals surface area contributed by atoms with Crippen LogP contribution in [0.5, 0.6) is 0 Å². The van der Waals surface area contributed by atoms with E-state index >= 15 is 4.39 Å². The number of carbonyl (C=O) groups is 2. The molecule has 3 saturated carbocycles. The van der Waals surface area contributed by atoms with E-state index in [2.05, 4.69) is 0 Å². The third-order valence-corrected chi connectivity index (χ3v) is 8.60. The average molecular weight is 392 g/mol. The molecule has 0 heterocycles. The highest BCUT2D eigenvalue weighted by atomic mass is 19.1. The van der Waals surface area contributed by atoms with E-state index in [9.17, 15) is 24.9 Å². The molecule has 0 aromatic rings. The summed E-state index contributed by atoms with van der Waals surface area (Å²) in [4.78, 5) is 23.9. The molecule has 4 aliphatic carbocycles. The molecule has 0 aromatic carbocycles. The molecular weight excluding hydrogens is 363 g/mol. The third kappa shape index (κ3) is 2.25. The number of carbonyl (C=O) groups excluding carboxylic acids is 1. The molecule has 28 heavy (non-hydrogen) atoms. The van der Waals surface area contributed by atoms with Gasteiger partial charge in [0, 0.05) is 11.3 Å². The molecule has 0 aromatic heterocycles. The van der Waals surface area contributed by atoms with Crippen LogP contribution in [0.1, 0.15) is 46.5 Å². The number of carboxylic acids is 1. The molecule has 6 heteroatoms. The van der Waals surface area contributed by atoms with Crippen LogP contribution >= 0.6 is 0 Å². The van der Waals surface area contributed by atoms with Crippen molar-refractivity contribution in [1.29, 1.82) is 0 Å². The lowest BCUT2D eigenvalue weighted by atomic mass is 9.40. The zero-order valence-electron chi connectivity index (χ0n) is 16.6. The molecule has 0 aliphatic heterocycles. The number of aliphatic hydroxyl groups is 2. The minimum Gasteiger partial charge on any atom is -0.481 e. The van der Waals surface area contributed by atoms with Crippen molar-refractivity contribution < 1.29 is 29.3 Å². The topological polar surface area (TPSA) is 94.8 Å². The molecule has 0 radical (unpaired) electrons. The second-order valence-electron chi connectivity index (χ2n) is 9.87. The first kappa shape index (κ1) is 19.8. The van der Waals surface area contributed by atoms with E-state index in [1.807, 2.05) is 6.92 Å². The number of hydrogen-bond acceptors (Lipinski definition) is 4. The maximum Gasteiger partial charge on any atom is 0.309 e. The lowest BCUT2D eigenvalue weighted by Gasteiger charge is -2.65. The van der Waals surface area contributed by atoms with Gasteiger partial charge < -0.3 is 15.3 Å². The van der Waals surface area contributed by atoms with Gasteiger partial charge in [0.1, 0.15) is 0 Å². The Bertz CT molecular complexity index is 790. The van der Waals surface area contributed by atoms with Crippen molar-refractivity contribution in [1.82, 2.24) is 0 Å². The second kappa shape index (κ2) is 5.99. The molecule has 9 atom stereocenters. The molecule has 0 saturated heterocycles. The molecular formula is C22H29FO5. The highest BCUT2D eigenvalue weighted by Crippen LogP contribution is 2.68. The summed E-state index contributed by atoms with van der Waals surface area (Å²) in [5, 5.41) is 31.6. The van der Waals surface area contributed by atoms with Gasteiger partial charge >= 0.3 is 5.97 Å². The number of fused-ring (bicyclic) bond motifs is 5. The molecule has 0 bridgehead atoms. The highest BCUT2D eigenvalue weighted by molar-refractivity contribution is 6.01. The lowest BCUT2D eigenvalue weighted by molar-refractivity contribution is -0.237. The lowest BCUT2D eigenvalue weighted by Crippen LogP contribution is -2.70. The maximum absolute atomic E-state index is 16.9. The van der Waals surface area contributed by atoms with Crippen LogP contribution in [0, 0.1) is 34.5 Å². The molecule has 4 rings (SSSR count). The van der Waals surface area contributed by atoms with E-state index in [0.717, 1.165) is 0 Å². The first-order chi connectivity index (χ1) is 13.0. The Labute approximate surface area is 164 Å². The van der Waals surface area contributed by atoms with E-state index in [1.165, 1.54) is 12.2 Å². The number of hydrogen-bond donors (Lipinski definition) is 3. The van der Waals surface area contributed by atoms with Crippen LogP contribution in [0.15, 0.2) is 23.8 Å². The highest BCUT2D eigenvalue weighted by Gasteiger charge is 2.71. The predicted molar refractivity (Wildman–Crippen MR) is 100 cm³/mol. The Morgan fingerprint density at radius 1 is 1.25 bits per heavy atom. The molecule has 3 fully saturated rings. The Hall–Kier alpha value is -1.53. The average Bonchev–Trinajstić information content (AvgIpc) is 2.59. The first-order valence-corrected chi connectivity index (χ1v) is 10.2. The largest absolute Gasteiger partial charge is 0.481 e. The molecule has 154 valence electrons. The van der Waals surface area contributed by atoms with Gasteiger partial charge in [-0.15, -0.1) is 0 Å². The fourth-order valence-electron chi connectivity index (χ4n) is 7.08. The van der Waals surface area contributed by atoms with Crippen LogP contribution in [0.25, 0.3) is 0 Å². The number of ketones is 1. The molecule has 0 spiro atoms. The van der Waals surface area contributed by atoms with Crippen LogP contribution in [0.3, 0.4) is 0 Å². The Balaban J connectivity index is 1.84. The Morgan fingerprint density at radius 2 is 1.93 bits per heavy atom. The minimum atomic E-state index is -1.97. The number of aliphatic hydroxyl groups excluding tert-OH is 2. The fraction of sp³-hybridized carbons (Fsp3) is 0.727. The summed E-state index contributed by atoms with van der Waals surface area (Å²) in [6, 6.07) is 0. The predicted octanol–water partition coefficient (Wildman–Crippen LogP) is 2.66. The van der Waals surface area contributed by atoms with E-state index < -0.39 is 46.5 Å². The first-order valence-electron chi connectivity index (χ1n) is 10.2. The van der Waals surface area contributed by atoms with Gasteiger partial charge in [0.25, 0.3) is 0 Å². The zero-order chi connectivity index (χ0) is 20.6. The monoisotopic (exact) mass is 392 g/mol. The van der Waals surface area contributed by atoms with Gasteiger partial charge in [0.2, 0.25) is 0 Å². The van der Waals surface area contributed by atoms with Gasteiger partial charge in [-0.1, -0.05) is 25.5 Å². The minimum absolute atomic E-state index is 0.0178. The van der Waals surface area contributed by atoms with Crippen molar-refractivity contribution in [2.45, 2.75) is 64.3 Å². The van der Waals surface area contributed by atoms with Crippen molar-refractivity contribution in [3.63, 3.8) is 0 Å². The smallest absolute Gasteiger partial charge is 0.309 e. The van der Waals surface area contributed by atoms with Crippen molar-refractivity contribution >= 4 is 11.8 Å². The van der Waals surface area contributed by atoms with Crippen molar-refractivity contribution in [2.75, 3.05) is 0 Å². The van der Waals surface area contributed by atoms with Crippen LogP contribution < -0.4 is 0 Å². The van der Waals surface area contributed by atoms with Crippen LogP contribution in [0.2, 0.25) is 0 Å². The van der Waals surface area contributed by atoms with E-state index in [0.29, 0.717) is 24.8 Å². The van der Waals surface area contributed by atoms with Gasteiger partial charge in [-0.3, -0.25) is 9.59 Å². The summed E-state index contributed by atoms with van der Waals surface area (Å²) in [6.07, 6.45) is 3.61. The quantitative estimate of drug-likeness (QED) is 0.638. The second-order valence-corrected chi connectivity index (χ2v) is 9.87. The number of aliphatic carboxylic acids is 1. The van der Waals surface area contributed by atoms with E-state index in [1.54, 1.807) is 19.9 Å². The van der Waals surface area contributed by atoms with Gasteiger partial charge in [-0.25, -0.2) is 4.39 Å². The molecule has 0 amide bonds. The fourth-order valence-corrected chi connectivity index (χ4v) is 7.08. The summed E-state index contributed by atoms with van der Waals surface area (Å²) in [5.41, 5.74) is -3.23. The van der Waals surface area contributed by atoms with Gasteiger partial charge in [0.05, 0.1) is 18.1 Å². The van der Waals surface area contributed by atoms with Crippen LogP contribution in [0.4, 0.5) is 4.39 Å². The van der Waals surface area contributed by atoms with Gasteiger partial charge in [-0.2, -0.15) is 0 Å². The molecule has 5 nitrogen and oxygen atoms in total. The van der Waals surface area contributed by atoms with Gasteiger partial charge in [-0.05, 0) is 62.0 Å². The van der Waals surface area contributed by atoms with Gasteiger partial charge in [0.15, 0.2) is 11.5 Å². The van der Waals surface area contributed by atoms with Crippen LogP contribution in [-0.2, 0) is 9.59 Å². The van der Waals surface area contributed by atoms with E-state index in [-0.39, 0.29) is 24.0 Å². The number of carboxylic acid groups (broad SMARTS) is 1. The number of allylic oxidation sites excluding steroid dienone is 4. The summed E-state index contributed by atoms with van der Waals surface area (Å²) in [5.74, 6) is -3.33. The number of rotatable bonds is 1. The standard InChI is InChI=1S/C22H29FO5/c1-11-8-15-14-5-4-12-9-13(24)6-7-21(12,3)22(14,23)16(25)10-20(15,2)17(18(11)26)19(27)28/h6-7,9,11,14-18,25-26H,4-5,8,10H2,1-3H3,(H,27,28)/t11-,14+,15+,16+,17-,18-,20+,21+,22+/m1/s1. The molecule has 0 unspecified atom stereocenters. The van der Waals surface area contributed by atoms with E-state index in [4.69, 9.17) is 0 Å². The van der Waals surface area contributed by atoms with Crippen LogP contribution in [-0.4, -0.2) is 44.9 Å². The zero-order valence-corrected chi connectivity index (χ0v) is 16.6. The third-order valence-electron chi connectivity index (χ3n) is 8.60. The van der Waals surface area contributed by atoms with Crippen molar-refractivity contribution in [2.24, 2.45) is 34.5 Å². The number of alkyl halides is 1. The molecule has 3 N–H and O–H groups in total. The van der Waals surface area contributed by atoms with Crippen molar-refractivity contribution in [3.8, 4) is 0 Å². The SMILES string of the molecule is C[C@@H]1C[C@H]2[C@@H]3CCC4=CC(=O)C=C[C@]4(C)[C@@]3(F)[C@@H](O)C[C@]2(C)[C@@H](C(=O)O)[C@@H]1O. The Morgan fingerprint density at radius 3 is 2.57 bits per heavy atom.